The van der Waals surface area contributed by atoms with Gasteiger partial charge in [-0.2, -0.15) is 0 Å². The molecule has 0 spiro atoms. The number of carbonyl (C=O) groups excluding carboxylic acids is 3. The molecule has 2 fully saturated rings. The number of ether oxygens (including phenoxy) is 1. The predicted octanol–water partition coefficient (Wildman–Crippen LogP) is 1.59. The summed E-state index contributed by atoms with van der Waals surface area (Å²) < 4.78 is 5.39. The van der Waals surface area contributed by atoms with Gasteiger partial charge in [0, 0.05) is 24.4 Å². The molecule has 6 nitrogen and oxygen atoms in total. The Morgan fingerprint density at radius 1 is 1.33 bits per heavy atom. The number of benzene rings is 1. The zero-order valence-corrected chi connectivity index (χ0v) is 14.3. The van der Waals surface area contributed by atoms with E-state index in [1.54, 1.807) is 4.90 Å². The Morgan fingerprint density at radius 2 is 2.08 bits per heavy atom. The van der Waals surface area contributed by atoms with Crippen LogP contribution in [0.3, 0.4) is 0 Å². The zero-order valence-electron chi connectivity index (χ0n) is 13.5. The summed E-state index contributed by atoms with van der Waals surface area (Å²) in [4.78, 5) is 37.8. The lowest BCUT2D eigenvalue weighted by molar-refractivity contribution is -0.128. The van der Waals surface area contributed by atoms with E-state index in [0.29, 0.717) is 19.6 Å². The van der Waals surface area contributed by atoms with Crippen LogP contribution in [0, 0.1) is 5.92 Å². The third-order valence-corrected chi connectivity index (χ3v) is 5.22. The fourth-order valence-electron chi connectivity index (χ4n) is 2.94. The van der Waals surface area contributed by atoms with Crippen molar-refractivity contribution < 1.29 is 19.1 Å². The molecule has 0 bridgehead atoms. The number of amides is 2. The number of hydrogen-bond acceptors (Lipinski definition) is 5. The van der Waals surface area contributed by atoms with Crippen LogP contribution >= 0.6 is 11.8 Å². The Morgan fingerprint density at radius 3 is 2.71 bits per heavy atom. The van der Waals surface area contributed by atoms with E-state index in [1.165, 1.54) is 11.8 Å². The van der Waals surface area contributed by atoms with Crippen molar-refractivity contribution in [3.8, 4) is 5.75 Å². The molecule has 2 heterocycles. The number of thioether (sulfide) groups is 1. The molecule has 1 N–H and O–H groups in total. The molecule has 1 aromatic rings. The van der Waals surface area contributed by atoms with Gasteiger partial charge in [0.2, 0.25) is 16.9 Å². The number of rotatable bonds is 5. The smallest absolute Gasteiger partial charge is 0.227 e. The summed E-state index contributed by atoms with van der Waals surface area (Å²) in [6.07, 6.45) is 0.839. The summed E-state index contributed by atoms with van der Waals surface area (Å²) in [5.74, 6) is 0.789. The van der Waals surface area contributed by atoms with Crippen LogP contribution in [0.25, 0.3) is 0 Å². The highest BCUT2D eigenvalue weighted by Crippen LogP contribution is 2.27. The van der Waals surface area contributed by atoms with E-state index in [9.17, 15) is 14.4 Å². The molecule has 2 aliphatic heterocycles. The van der Waals surface area contributed by atoms with E-state index >= 15 is 0 Å². The first kappa shape index (κ1) is 16.8. The lowest BCUT2D eigenvalue weighted by Gasteiger charge is -2.18. The quantitative estimate of drug-likeness (QED) is 0.874. The predicted molar refractivity (Wildman–Crippen MR) is 92.1 cm³/mol. The Bertz CT molecular complexity index is 646. The number of nitrogens with one attached hydrogen (secondary N) is 1. The van der Waals surface area contributed by atoms with Crippen LogP contribution in [-0.4, -0.2) is 41.9 Å². The van der Waals surface area contributed by atoms with E-state index < -0.39 is 12.0 Å². The molecular formula is C17H20N2O4S. The van der Waals surface area contributed by atoms with Gasteiger partial charge in [0.1, 0.15) is 5.75 Å². The Balaban J connectivity index is 1.62. The minimum Gasteiger partial charge on any atom is -0.494 e. The highest BCUT2D eigenvalue weighted by Gasteiger charge is 2.37. The van der Waals surface area contributed by atoms with Gasteiger partial charge in [-0.3, -0.25) is 14.4 Å². The third kappa shape index (κ3) is 3.56. The van der Waals surface area contributed by atoms with Crippen molar-refractivity contribution in [3.63, 3.8) is 0 Å². The van der Waals surface area contributed by atoms with Gasteiger partial charge < -0.3 is 15.0 Å². The van der Waals surface area contributed by atoms with Crippen molar-refractivity contribution in [2.24, 2.45) is 5.92 Å². The van der Waals surface area contributed by atoms with Crippen molar-refractivity contribution in [2.45, 2.75) is 25.8 Å². The van der Waals surface area contributed by atoms with Crippen LogP contribution in [0.1, 0.15) is 19.8 Å². The van der Waals surface area contributed by atoms with Crippen LogP contribution in [0.2, 0.25) is 0 Å². The highest BCUT2D eigenvalue weighted by molar-refractivity contribution is 8.14. The van der Waals surface area contributed by atoms with Gasteiger partial charge in [-0.05, 0) is 37.6 Å². The Labute approximate surface area is 144 Å². The molecule has 0 radical (unpaired) electrons. The first-order valence-corrected chi connectivity index (χ1v) is 9.07. The van der Waals surface area contributed by atoms with Crippen LogP contribution in [0.5, 0.6) is 5.75 Å². The van der Waals surface area contributed by atoms with Gasteiger partial charge in [-0.15, -0.1) is 0 Å². The average molecular weight is 348 g/mol. The van der Waals surface area contributed by atoms with E-state index in [1.807, 2.05) is 31.2 Å². The van der Waals surface area contributed by atoms with Crippen molar-refractivity contribution in [2.75, 3.05) is 23.8 Å². The number of nitrogens with zero attached hydrogens (tertiary/aromatic N) is 1. The summed E-state index contributed by atoms with van der Waals surface area (Å²) in [5.41, 5.74) is 0.756. The van der Waals surface area contributed by atoms with Crippen LogP contribution in [-0.2, 0) is 14.4 Å². The van der Waals surface area contributed by atoms with Crippen molar-refractivity contribution >= 4 is 34.4 Å². The third-order valence-electron chi connectivity index (χ3n) is 4.21. The molecule has 7 heteroatoms. The molecule has 2 atom stereocenters. The molecular weight excluding hydrogens is 328 g/mol. The second-order valence-electron chi connectivity index (χ2n) is 5.85. The minimum atomic E-state index is -0.414. The first-order valence-electron chi connectivity index (χ1n) is 8.08. The molecule has 2 saturated heterocycles. The SMILES string of the molecule is CCOc1ccc(N2C[C@@H](C(=O)N[C@H]3CCSC3=O)CC2=O)cc1. The highest BCUT2D eigenvalue weighted by atomic mass is 32.2. The van der Waals surface area contributed by atoms with Gasteiger partial charge in [-0.25, -0.2) is 0 Å². The standard InChI is InChI=1S/C17H20N2O4S/c1-2-23-13-5-3-12(4-6-13)19-10-11(9-15(19)20)16(21)18-14-7-8-24-17(14)22/h3-6,11,14H,2,7-10H2,1H3,(H,18,21)/t11-,14-/m0/s1. The number of hydrogen-bond donors (Lipinski definition) is 1. The molecule has 1 aromatic carbocycles. The monoisotopic (exact) mass is 348 g/mol. The fourth-order valence-corrected chi connectivity index (χ4v) is 3.87. The normalized spacial score (nSPS) is 23.6. The van der Waals surface area contributed by atoms with Crippen molar-refractivity contribution in [1.29, 1.82) is 0 Å². The molecule has 3 rings (SSSR count). The molecule has 2 aliphatic rings. The topological polar surface area (TPSA) is 75.7 Å². The molecule has 2 amide bonds. The van der Waals surface area contributed by atoms with Crippen LogP contribution < -0.4 is 15.0 Å². The van der Waals surface area contributed by atoms with Crippen molar-refractivity contribution in [3.05, 3.63) is 24.3 Å². The molecule has 0 aliphatic carbocycles. The van der Waals surface area contributed by atoms with Crippen LogP contribution in [0.4, 0.5) is 5.69 Å². The lowest BCUT2D eigenvalue weighted by atomic mass is 10.1. The largest absolute Gasteiger partial charge is 0.494 e. The van der Waals surface area contributed by atoms with E-state index in [-0.39, 0.29) is 23.4 Å². The van der Waals surface area contributed by atoms with Gasteiger partial charge in [-0.1, -0.05) is 11.8 Å². The molecule has 0 aromatic heterocycles. The maximum Gasteiger partial charge on any atom is 0.227 e. The molecule has 0 unspecified atom stereocenters. The summed E-state index contributed by atoms with van der Waals surface area (Å²) in [7, 11) is 0. The lowest BCUT2D eigenvalue weighted by Crippen LogP contribution is -2.41. The Kier molecular flexibility index (Phi) is 5.08. The fraction of sp³-hybridized carbons (Fsp3) is 0.471. The maximum atomic E-state index is 12.3. The van der Waals surface area contributed by atoms with E-state index in [4.69, 9.17) is 4.74 Å². The summed E-state index contributed by atoms with van der Waals surface area (Å²) in [6.45, 7) is 2.84. The molecule has 0 saturated carbocycles. The first-order chi connectivity index (χ1) is 11.6. The van der Waals surface area contributed by atoms with Gasteiger partial charge in [0.25, 0.3) is 0 Å². The van der Waals surface area contributed by atoms with E-state index in [2.05, 4.69) is 5.32 Å². The second-order valence-corrected chi connectivity index (χ2v) is 6.95. The summed E-state index contributed by atoms with van der Waals surface area (Å²) in [6, 6.07) is 6.86. The van der Waals surface area contributed by atoms with Gasteiger partial charge >= 0.3 is 0 Å². The molecule has 128 valence electrons. The number of carbonyl (C=O) groups is 3. The zero-order chi connectivity index (χ0) is 17.1. The maximum absolute atomic E-state index is 12.3. The van der Waals surface area contributed by atoms with Gasteiger partial charge in [0.05, 0.1) is 18.6 Å². The summed E-state index contributed by atoms with van der Waals surface area (Å²) in [5, 5.41) is 2.79. The second kappa shape index (κ2) is 7.25. The Hall–Kier alpha value is -2.02. The van der Waals surface area contributed by atoms with E-state index in [0.717, 1.165) is 17.2 Å². The minimum absolute atomic E-state index is 0.0102. The summed E-state index contributed by atoms with van der Waals surface area (Å²) >= 11 is 1.25. The molecule has 24 heavy (non-hydrogen) atoms. The van der Waals surface area contributed by atoms with Crippen LogP contribution in [0.15, 0.2) is 24.3 Å². The average Bonchev–Trinajstić information content (AvgIpc) is 3.15. The van der Waals surface area contributed by atoms with Gasteiger partial charge in [0.15, 0.2) is 0 Å². The number of anilines is 1. The van der Waals surface area contributed by atoms with Crippen molar-refractivity contribution in [1.82, 2.24) is 5.32 Å².